The molecule has 4 rings (SSSR count). The summed E-state index contributed by atoms with van der Waals surface area (Å²) in [4.78, 5) is 26.9. The summed E-state index contributed by atoms with van der Waals surface area (Å²) in [6, 6.07) is 16.5. The predicted octanol–water partition coefficient (Wildman–Crippen LogP) is 4.16. The van der Waals surface area contributed by atoms with E-state index in [4.69, 9.17) is 16.3 Å². The third kappa shape index (κ3) is 3.25. The second-order valence-corrected chi connectivity index (χ2v) is 8.92. The highest BCUT2D eigenvalue weighted by molar-refractivity contribution is 8.28. The van der Waals surface area contributed by atoms with Crippen LogP contribution in [0.1, 0.15) is 6.92 Å². The average Bonchev–Trinajstić information content (AvgIpc) is 3.24. The summed E-state index contributed by atoms with van der Waals surface area (Å²) in [5, 5.41) is 7.03. The van der Waals surface area contributed by atoms with Crippen LogP contribution in [0.4, 0.5) is 11.4 Å². The number of amides is 1. The molecule has 0 aromatic heterocycles. The van der Waals surface area contributed by atoms with Crippen LogP contribution in [0.2, 0.25) is 5.02 Å². The van der Waals surface area contributed by atoms with E-state index < -0.39 is 10.3 Å². The summed E-state index contributed by atoms with van der Waals surface area (Å²) in [7, 11) is 0. The number of anilines is 2. The molecule has 0 radical (unpaired) electrons. The summed E-state index contributed by atoms with van der Waals surface area (Å²) in [5.41, 5.74) is 1.46. The molecule has 0 saturated carbocycles. The summed E-state index contributed by atoms with van der Waals surface area (Å²) in [5.74, 6) is -0.281. The lowest BCUT2D eigenvalue weighted by molar-refractivity contribution is -0.134. The number of nitrogens with zero attached hydrogens (tertiary/aromatic N) is 3. The Kier molecular flexibility index (Phi) is 5.27. The van der Waals surface area contributed by atoms with Crippen LogP contribution >= 0.6 is 35.1 Å². The van der Waals surface area contributed by atoms with Crippen LogP contribution in [0.25, 0.3) is 0 Å². The lowest BCUT2D eigenvalue weighted by Gasteiger charge is -2.39. The van der Waals surface area contributed by atoms with Crippen molar-refractivity contribution in [1.82, 2.24) is 0 Å². The molecule has 0 unspecified atom stereocenters. The average molecular weight is 434 g/mol. The fourth-order valence-electron chi connectivity index (χ4n) is 2.98. The van der Waals surface area contributed by atoms with Crippen molar-refractivity contribution in [3.63, 3.8) is 0 Å². The van der Waals surface area contributed by atoms with E-state index in [0.717, 1.165) is 11.4 Å². The Balaban J connectivity index is 1.82. The molecule has 144 valence electrons. The maximum Gasteiger partial charge on any atom is 0.365 e. The second-order valence-electron chi connectivity index (χ2n) is 5.92. The van der Waals surface area contributed by atoms with Gasteiger partial charge in [0.2, 0.25) is 15.3 Å². The molecule has 0 N–H and O–H groups in total. The highest BCUT2D eigenvalue weighted by Crippen LogP contribution is 2.55. The van der Waals surface area contributed by atoms with Crippen molar-refractivity contribution in [2.24, 2.45) is 5.10 Å². The molecule has 2 aliphatic heterocycles. The first kappa shape index (κ1) is 19.2. The van der Waals surface area contributed by atoms with E-state index in [2.05, 4.69) is 5.10 Å². The number of ether oxygens (including phenoxy) is 1. The minimum absolute atomic E-state index is 0.0528. The highest BCUT2D eigenvalue weighted by Gasteiger charge is 2.58. The normalized spacial score (nSPS) is 21.4. The van der Waals surface area contributed by atoms with Crippen LogP contribution < -0.4 is 9.91 Å². The number of esters is 1. The molecule has 1 spiro atoms. The molecule has 2 aliphatic rings. The van der Waals surface area contributed by atoms with Gasteiger partial charge in [0, 0.05) is 10.7 Å². The largest absolute Gasteiger partial charge is 0.461 e. The summed E-state index contributed by atoms with van der Waals surface area (Å²) < 4.78 is 4.20. The molecule has 9 heteroatoms. The fraction of sp³-hybridized carbons (Fsp3) is 0.211. The molecule has 1 atom stereocenters. The molecular formula is C19H16ClN3O3S2. The maximum absolute atomic E-state index is 12.8. The van der Waals surface area contributed by atoms with Crippen LogP contribution in [0.5, 0.6) is 0 Å². The SMILES string of the molecule is CCOC(=O)C1=NN(c2ccc(Cl)cc2)[C@@]2(SCC(=O)N2c2ccccc2)S1. The van der Waals surface area contributed by atoms with Gasteiger partial charge in [-0.25, -0.2) is 9.80 Å². The molecule has 0 aliphatic carbocycles. The van der Waals surface area contributed by atoms with Crippen LogP contribution in [0, 0.1) is 0 Å². The third-order valence-electron chi connectivity index (χ3n) is 4.14. The Morgan fingerprint density at radius 1 is 1.18 bits per heavy atom. The topological polar surface area (TPSA) is 62.2 Å². The minimum Gasteiger partial charge on any atom is -0.461 e. The Bertz CT molecular complexity index is 939. The van der Waals surface area contributed by atoms with E-state index >= 15 is 0 Å². The van der Waals surface area contributed by atoms with Gasteiger partial charge in [0.15, 0.2) is 0 Å². The lowest BCUT2D eigenvalue weighted by atomic mass is 10.3. The quantitative estimate of drug-likeness (QED) is 0.674. The number of halogens is 1. The monoisotopic (exact) mass is 433 g/mol. The fourth-order valence-corrected chi connectivity index (χ4v) is 5.85. The van der Waals surface area contributed by atoms with Crippen molar-refractivity contribution >= 4 is 63.4 Å². The van der Waals surface area contributed by atoms with Crippen LogP contribution in [0.15, 0.2) is 59.7 Å². The van der Waals surface area contributed by atoms with E-state index in [0.29, 0.717) is 5.02 Å². The van der Waals surface area contributed by atoms with Crippen LogP contribution in [0.3, 0.4) is 0 Å². The van der Waals surface area contributed by atoms with Gasteiger partial charge in [0.25, 0.3) is 0 Å². The Labute approximate surface area is 175 Å². The van der Waals surface area contributed by atoms with Crippen molar-refractivity contribution in [2.45, 2.75) is 11.3 Å². The number of hydrogen-bond donors (Lipinski definition) is 0. The number of thioether (sulfide) groups is 2. The molecule has 2 heterocycles. The van der Waals surface area contributed by atoms with E-state index in [-0.39, 0.29) is 23.3 Å². The number of para-hydroxylation sites is 1. The molecule has 2 aromatic carbocycles. The minimum atomic E-state index is -0.950. The zero-order valence-electron chi connectivity index (χ0n) is 14.9. The number of rotatable bonds is 4. The van der Waals surface area contributed by atoms with Crippen molar-refractivity contribution in [1.29, 1.82) is 0 Å². The first-order valence-corrected chi connectivity index (χ1v) is 10.8. The Hall–Kier alpha value is -2.16. The number of hydrazone groups is 1. The molecular weight excluding hydrogens is 418 g/mol. The summed E-state index contributed by atoms with van der Waals surface area (Å²) in [6.45, 7) is 2.00. The summed E-state index contributed by atoms with van der Waals surface area (Å²) in [6.07, 6.45) is 0. The van der Waals surface area contributed by atoms with E-state index in [1.54, 1.807) is 29.0 Å². The first-order chi connectivity index (χ1) is 13.5. The number of carbonyl (C=O) groups is 2. The number of carbonyl (C=O) groups excluding carboxylic acids is 2. The lowest BCUT2D eigenvalue weighted by Crippen LogP contribution is -2.51. The maximum atomic E-state index is 12.8. The zero-order chi connectivity index (χ0) is 19.7. The summed E-state index contributed by atoms with van der Waals surface area (Å²) >= 11 is 8.67. The Morgan fingerprint density at radius 3 is 2.57 bits per heavy atom. The molecule has 28 heavy (non-hydrogen) atoms. The van der Waals surface area contributed by atoms with Crippen LogP contribution in [-0.4, -0.2) is 33.6 Å². The van der Waals surface area contributed by atoms with E-state index in [1.165, 1.54) is 23.5 Å². The van der Waals surface area contributed by atoms with Crippen molar-refractivity contribution in [3.8, 4) is 0 Å². The van der Waals surface area contributed by atoms with Crippen molar-refractivity contribution < 1.29 is 14.3 Å². The van der Waals surface area contributed by atoms with Gasteiger partial charge >= 0.3 is 5.97 Å². The van der Waals surface area contributed by atoms with E-state index in [1.807, 2.05) is 42.5 Å². The van der Waals surface area contributed by atoms with Gasteiger partial charge < -0.3 is 4.74 Å². The number of benzene rings is 2. The van der Waals surface area contributed by atoms with Gasteiger partial charge in [0.1, 0.15) is 0 Å². The molecule has 6 nitrogen and oxygen atoms in total. The molecule has 1 saturated heterocycles. The third-order valence-corrected chi connectivity index (χ3v) is 7.18. The van der Waals surface area contributed by atoms with Gasteiger partial charge in [-0.3, -0.25) is 9.69 Å². The smallest absolute Gasteiger partial charge is 0.365 e. The molecule has 1 amide bonds. The van der Waals surface area contributed by atoms with Gasteiger partial charge in [-0.15, -0.1) is 0 Å². The van der Waals surface area contributed by atoms with E-state index in [9.17, 15) is 9.59 Å². The van der Waals surface area contributed by atoms with Gasteiger partial charge in [-0.1, -0.05) is 41.6 Å². The van der Waals surface area contributed by atoms with Crippen molar-refractivity contribution in [2.75, 3.05) is 22.3 Å². The molecule has 1 fully saturated rings. The Morgan fingerprint density at radius 2 is 1.89 bits per heavy atom. The predicted molar refractivity (Wildman–Crippen MR) is 115 cm³/mol. The zero-order valence-corrected chi connectivity index (χ0v) is 17.3. The molecule has 0 bridgehead atoms. The van der Waals surface area contributed by atoms with Gasteiger partial charge in [0.05, 0.1) is 18.0 Å². The molecule has 2 aromatic rings. The second kappa shape index (κ2) is 7.69. The highest BCUT2D eigenvalue weighted by atomic mass is 35.5. The van der Waals surface area contributed by atoms with Gasteiger partial charge in [-0.2, -0.15) is 5.10 Å². The number of hydrogen-bond acceptors (Lipinski definition) is 7. The van der Waals surface area contributed by atoms with Crippen molar-refractivity contribution in [3.05, 3.63) is 59.6 Å². The van der Waals surface area contributed by atoms with Crippen LogP contribution in [-0.2, 0) is 14.3 Å². The van der Waals surface area contributed by atoms with Gasteiger partial charge in [-0.05, 0) is 55.1 Å². The first-order valence-electron chi connectivity index (χ1n) is 8.58. The standard InChI is InChI=1S/C19H16ClN3O3S2/c1-2-26-18(25)17-21-23(15-10-8-13(20)9-11-15)19(28-17)22(16(24)12-27-19)14-6-4-3-5-7-14/h3-11H,2,12H2,1H3/t19-/m0/s1.